The Hall–Kier alpha value is -1.55. The fourth-order valence-corrected chi connectivity index (χ4v) is 1.32. The molecule has 0 radical (unpaired) electrons. The first-order chi connectivity index (χ1) is 8.17. The molecule has 0 saturated carbocycles. The lowest BCUT2D eigenvalue weighted by atomic mass is 10.2. The van der Waals surface area contributed by atoms with Crippen molar-refractivity contribution in [2.75, 3.05) is 6.54 Å². The summed E-state index contributed by atoms with van der Waals surface area (Å²) in [5.41, 5.74) is 0.820. The first-order valence-electron chi connectivity index (χ1n) is 5.81. The highest BCUT2D eigenvalue weighted by molar-refractivity contribution is 5.80. The number of aliphatic hydroxyl groups is 1. The molecule has 1 unspecified atom stereocenters. The molecule has 1 aromatic carbocycles. The van der Waals surface area contributed by atoms with E-state index in [1.54, 1.807) is 31.2 Å². The maximum atomic E-state index is 11.6. The van der Waals surface area contributed by atoms with Crippen LogP contribution in [0.3, 0.4) is 0 Å². The molecule has 0 spiro atoms. The number of aliphatic hydroxyl groups excluding tert-OH is 1. The fraction of sp³-hybridized carbons (Fsp3) is 0.462. The van der Waals surface area contributed by atoms with E-state index in [1.807, 2.05) is 6.92 Å². The number of amides is 1. The highest BCUT2D eigenvalue weighted by Gasteiger charge is 2.13. The normalized spacial score (nSPS) is 11.9. The smallest absolute Gasteiger partial charge is 0.260 e. The van der Waals surface area contributed by atoms with Gasteiger partial charge in [0.1, 0.15) is 5.75 Å². The van der Waals surface area contributed by atoms with Crippen molar-refractivity contribution in [3.05, 3.63) is 29.8 Å². The Bertz CT molecular complexity index is 348. The number of benzene rings is 1. The first-order valence-corrected chi connectivity index (χ1v) is 5.81. The lowest BCUT2D eigenvalue weighted by molar-refractivity contribution is -0.127. The van der Waals surface area contributed by atoms with E-state index in [1.165, 1.54) is 0 Å². The van der Waals surface area contributed by atoms with Crippen molar-refractivity contribution in [1.29, 1.82) is 0 Å². The predicted molar refractivity (Wildman–Crippen MR) is 65.8 cm³/mol. The second kappa shape index (κ2) is 6.91. The van der Waals surface area contributed by atoms with Crippen LogP contribution in [0.4, 0.5) is 0 Å². The van der Waals surface area contributed by atoms with Gasteiger partial charge in [0.25, 0.3) is 5.91 Å². The molecule has 0 saturated heterocycles. The molecule has 17 heavy (non-hydrogen) atoms. The van der Waals surface area contributed by atoms with Gasteiger partial charge in [-0.25, -0.2) is 0 Å². The van der Waals surface area contributed by atoms with E-state index in [9.17, 15) is 4.79 Å². The molecule has 0 fully saturated rings. The van der Waals surface area contributed by atoms with Crippen LogP contribution in [0.2, 0.25) is 0 Å². The van der Waals surface area contributed by atoms with Crippen molar-refractivity contribution in [3.63, 3.8) is 0 Å². The third-order valence-electron chi connectivity index (χ3n) is 2.34. The van der Waals surface area contributed by atoms with E-state index in [-0.39, 0.29) is 12.5 Å². The second-order valence-electron chi connectivity index (χ2n) is 3.85. The van der Waals surface area contributed by atoms with Crippen molar-refractivity contribution in [1.82, 2.24) is 5.32 Å². The van der Waals surface area contributed by atoms with Crippen molar-refractivity contribution < 1.29 is 14.6 Å². The summed E-state index contributed by atoms with van der Waals surface area (Å²) in [4.78, 5) is 11.6. The van der Waals surface area contributed by atoms with Crippen molar-refractivity contribution in [2.24, 2.45) is 0 Å². The zero-order valence-corrected chi connectivity index (χ0v) is 10.3. The number of carbonyl (C=O) groups excluding carboxylic acids is 1. The zero-order chi connectivity index (χ0) is 12.7. The molecule has 0 aliphatic rings. The molecule has 0 aromatic heterocycles. The number of ether oxygens (including phenoxy) is 1. The van der Waals surface area contributed by atoms with Crippen LogP contribution in [-0.2, 0) is 11.4 Å². The standard InChI is InChI=1S/C13H19NO3/c1-3-8-14-13(16)10(2)17-12-6-4-11(9-15)5-7-12/h4-7,10,15H,3,8-9H2,1-2H3,(H,14,16). The predicted octanol–water partition coefficient (Wildman–Crippen LogP) is 1.47. The van der Waals surface area contributed by atoms with Gasteiger partial charge in [0.05, 0.1) is 6.61 Å². The third-order valence-corrected chi connectivity index (χ3v) is 2.34. The minimum atomic E-state index is -0.512. The molecule has 4 heteroatoms. The van der Waals surface area contributed by atoms with Gasteiger partial charge in [0, 0.05) is 6.54 Å². The molecule has 2 N–H and O–H groups in total. The monoisotopic (exact) mass is 237 g/mol. The number of rotatable bonds is 6. The summed E-state index contributed by atoms with van der Waals surface area (Å²) in [5.74, 6) is 0.513. The van der Waals surface area contributed by atoms with Crippen LogP contribution >= 0.6 is 0 Å². The fourth-order valence-electron chi connectivity index (χ4n) is 1.32. The van der Waals surface area contributed by atoms with Gasteiger partial charge in [-0.2, -0.15) is 0 Å². The number of carbonyl (C=O) groups is 1. The number of hydrogen-bond acceptors (Lipinski definition) is 3. The summed E-state index contributed by atoms with van der Waals surface area (Å²) in [7, 11) is 0. The van der Waals surface area contributed by atoms with Gasteiger partial charge in [-0.3, -0.25) is 4.79 Å². The molecule has 0 heterocycles. The molecule has 1 aromatic rings. The lowest BCUT2D eigenvalue weighted by Crippen LogP contribution is -2.36. The Balaban J connectivity index is 2.49. The summed E-state index contributed by atoms with van der Waals surface area (Å²) in [6, 6.07) is 7.03. The van der Waals surface area contributed by atoms with E-state index in [4.69, 9.17) is 9.84 Å². The van der Waals surface area contributed by atoms with Crippen LogP contribution in [0.15, 0.2) is 24.3 Å². The quantitative estimate of drug-likeness (QED) is 0.787. The molecule has 0 aliphatic heterocycles. The summed E-state index contributed by atoms with van der Waals surface area (Å²) >= 11 is 0. The Morgan fingerprint density at radius 3 is 2.59 bits per heavy atom. The van der Waals surface area contributed by atoms with E-state index < -0.39 is 6.10 Å². The molecule has 0 bridgehead atoms. The van der Waals surface area contributed by atoms with Crippen molar-refractivity contribution in [3.8, 4) is 5.75 Å². The molecule has 1 rings (SSSR count). The maximum absolute atomic E-state index is 11.6. The molecular weight excluding hydrogens is 218 g/mol. The molecule has 94 valence electrons. The van der Waals surface area contributed by atoms with E-state index >= 15 is 0 Å². The summed E-state index contributed by atoms with van der Waals surface area (Å²) in [5, 5.41) is 11.7. The molecule has 1 amide bonds. The largest absolute Gasteiger partial charge is 0.481 e. The van der Waals surface area contributed by atoms with Crippen LogP contribution < -0.4 is 10.1 Å². The first kappa shape index (κ1) is 13.5. The highest BCUT2D eigenvalue weighted by Crippen LogP contribution is 2.13. The van der Waals surface area contributed by atoms with Gasteiger partial charge < -0.3 is 15.2 Å². The average Bonchev–Trinajstić information content (AvgIpc) is 2.36. The van der Waals surface area contributed by atoms with Gasteiger partial charge in [-0.05, 0) is 31.0 Å². The topological polar surface area (TPSA) is 58.6 Å². The van der Waals surface area contributed by atoms with Gasteiger partial charge in [-0.15, -0.1) is 0 Å². The Labute approximate surface area is 102 Å². The Morgan fingerprint density at radius 1 is 1.41 bits per heavy atom. The number of hydrogen-bond donors (Lipinski definition) is 2. The molecule has 0 aliphatic carbocycles. The van der Waals surface area contributed by atoms with Gasteiger partial charge in [0.2, 0.25) is 0 Å². The van der Waals surface area contributed by atoms with E-state index in [0.29, 0.717) is 12.3 Å². The minimum Gasteiger partial charge on any atom is -0.481 e. The van der Waals surface area contributed by atoms with Crippen LogP contribution in [-0.4, -0.2) is 23.7 Å². The summed E-state index contributed by atoms with van der Waals surface area (Å²) in [6.45, 7) is 4.38. The van der Waals surface area contributed by atoms with Crippen LogP contribution in [0.25, 0.3) is 0 Å². The van der Waals surface area contributed by atoms with Crippen LogP contribution in [0.1, 0.15) is 25.8 Å². The molecule has 4 nitrogen and oxygen atoms in total. The van der Waals surface area contributed by atoms with Crippen molar-refractivity contribution >= 4 is 5.91 Å². The Morgan fingerprint density at radius 2 is 2.06 bits per heavy atom. The lowest BCUT2D eigenvalue weighted by Gasteiger charge is -2.14. The summed E-state index contributed by atoms with van der Waals surface area (Å²) in [6.07, 6.45) is 0.394. The average molecular weight is 237 g/mol. The van der Waals surface area contributed by atoms with E-state index in [0.717, 1.165) is 12.0 Å². The molecular formula is C13H19NO3. The van der Waals surface area contributed by atoms with Gasteiger partial charge >= 0.3 is 0 Å². The Kier molecular flexibility index (Phi) is 5.49. The minimum absolute atomic E-state index is 0.00677. The van der Waals surface area contributed by atoms with Crippen LogP contribution in [0, 0.1) is 0 Å². The summed E-state index contributed by atoms with van der Waals surface area (Å²) < 4.78 is 5.48. The second-order valence-corrected chi connectivity index (χ2v) is 3.85. The number of nitrogens with one attached hydrogen (secondary N) is 1. The maximum Gasteiger partial charge on any atom is 0.260 e. The SMILES string of the molecule is CCCNC(=O)C(C)Oc1ccc(CO)cc1. The van der Waals surface area contributed by atoms with Crippen molar-refractivity contribution in [2.45, 2.75) is 33.0 Å². The van der Waals surface area contributed by atoms with E-state index in [2.05, 4.69) is 5.32 Å². The third kappa shape index (κ3) is 4.44. The van der Waals surface area contributed by atoms with Gasteiger partial charge in [-0.1, -0.05) is 19.1 Å². The van der Waals surface area contributed by atoms with Crippen LogP contribution in [0.5, 0.6) is 5.75 Å². The highest BCUT2D eigenvalue weighted by atomic mass is 16.5. The zero-order valence-electron chi connectivity index (χ0n) is 10.3. The van der Waals surface area contributed by atoms with Gasteiger partial charge in [0.15, 0.2) is 6.10 Å². The molecule has 1 atom stereocenters.